The summed E-state index contributed by atoms with van der Waals surface area (Å²) < 4.78 is 0. The first kappa shape index (κ1) is 14.2. The largest absolute Gasteiger partial charge is 0.481 e. The van der Waals surface area contributed by atoms with Crippen LogP contribution >= 0.6 is 11.8 Å². The number of carboxylic acids is 1. The van der Waals surface area contributed by atoms with Crippen molar-refractivity contribution in [2.45, 2.75) is 38.1 Å². The summed E-state index contributed by atoms with van der Waals surface area (Å²) in [5, 5.41) is 14.4. The third-order valence-electron chi connectivity index (χ3n) is 3.86. The maximum absolute atomic E-state index is 11.9. The molecule has 1 aliphatic carbocycles. The van der Waals surface area contributed by atoms with Crippen molar-refractivity contribution in [2.75, 3.05) is 12.3 Å². The van der Waals surface area contributed by atoms with Gasteiger partial charge in [-0.25, -0.2) is 0 Å². The third-order valence-corrected chi connectivity index (χ3v) is 4.74. The van der Waals surface area contributed by atoms with Gasteiger partial charge in [-0.1, -0.05) is 31.0 Å². The van der Waals surface area contributed by atoms with Crippen molar-refractivity contribution in [1.29, 1.82) is 0 Å². The van der Waals surface area contributed by atoms with Crippen molar-refractivity contribution in [2.24, 2.45) is 5.41 Å². The van der Waals surface area contributed by atoms with Crippen molar-refractivity contribution in [3.05, 3.63) is 0 Å². The second kappa shape index (κ2) is 5.81. The van der Waals surface area contributed by atoms with Gasteiger partial charge in [0.15, 0.2) is 0 Å². The first-order valence-electron chi connectivity index (χ1n) is 6.48. The van der Waals surface area contributed by atoms with Gasteiger partial charge in [-0.3, -0.25) is 14.4 Å². The molecule has 2 aliphatic rings. The van der Waals surface area contributed by atoms with Crippen LogP contribution in [-0.4, -0.2) is 40.6 Å². The molecule has 1 atom stereocenters. The predicted molar refractivity (Wildman–Crippen MR) is 70.9 cm³/mol. The summed E-state index contributed by atoms with van der Waals surface area (Å²) in [6.07, 6.45) is 4.04. The number of hydrogen-bond donors (Lipinski definition) is 3. The van der Waals surface area contributed by atoms with Crippen LogP contribution < -0.4 is 10.6 Å². The Morgan fingerprint density at radius 3 is 2.58 bits per heavy atom. The van der Waals surface area contributed by atoms with Crippen LogP contribution in [0.3, 0.4) is 0 Å². The minimum absolute atomic E-state index is 0.151. The lowest BCUT2D eigenvalue weighted by atomic mass is 9.74. The van der Waals surface area contributed by atoms with E-state index >= 15 is 0 Å². The summed E-state index contributed by atoms with van der Waals surface area (Å²) >= 11 is 1.07. The standard InChI is InChI=1S/C12H18N2O4S/c15-9(8-6-19-11(18)14-8)13-7-12(10(16)17)4-2-1-3-5-12/h8H,1-7H2,(H,13,15)(H,14,18)(H,16,17). The Labute approximate surface area is 115 Å². The third kappa shape index (κ3) is 3.20. The Hall–Kier alpha value is -1.24. The van der Waals surface area contributed by atoms with E-state index in [1.165, 1.54) is 0 Å². The van der Waals surface area contributed by atoms with Crippen LogP contribution in [0.2, 0.25) is 0 Å². The molecule has 2 amide bonds. The van der Waals surface area contributed by atoms with Crippen molar-refractivity contribution >= 4 is 28.9 Å². The SMILES string of the molecule is O=C1NC(C(=O)NCC2(C(=O)O)CCCCC2)CS1. The van der Waals surface area contributed by atoms with E-state index < -0.39 is 17.4 Å². The first-order chi connectivity index (χ1) is 9.03. The molecule has 2 rings (SSSR count). The fourth-order valence-electron chi connectivity index (χ4n) is 2.60. The molecule has 0 spiro atoms. The normalized spacial score (nSPS) is 25.7. The molecule has 0 aromatic carbocycles. The van der Waals surface area contributed by atoms with Crippen LogP contribution in [-0.2, 0) is 9.59 Å². The number of thioether (sulfide) groups is 1. The molecule has 1 saturated heterocycles. The molecule has 0 bridgehead atoms. The Bertz CT molecular complexity index is 393. The van der Waals surface area contributed by atoms with E-state index in [0.29, 0.717) is 18.6 Å². The number of rotatable bonds is 4. The topological polar surface area (TPSA) is 95.5 Å². The number of nitrogens with one attached hydrogen (secondary N) is 2. The molecule has 1 saturated carbocycles. The predicted octanol–water partition coefficient (Wildman–Crippen LogP) is 0.963. The average Bonchev–Trinajstić information content (AvgIpc) is 2.83. The summed E-state index contributed by atoms with van der Waals surface area (Å²) in [5.41, 5.74) is -0.830. The van der Waals surface area contributed by atoms with Gasteiger partial charge in [0.25, 0.3) is 5.24 Å². The van der Waals surface area contributed by atoms with Crippen molar-refractivity contribution in [3.63, 3.8) is 0 Å². The van der Waals surface area contributed by atoms with E-state index in [4.69, 9.17) is 0 Å². The van der Waals surface area contributed by atoms with Gasteiger partial charge in [0.1, 0.15) is 6.04 Å². The molecule has 3 N–H and O–H groups in total. The lowest BCUT2D eigenvalue weighted by Crippen LogP contribution is -2.49. The van der Waals surface area contributed by atoms with Crippen molar-refractivity contribution in [3.8, 4) is 0 Å². The molecule has 19 heavy (non-hydrogen) atoms. The Kier molecular flexibility index (Phi) is 4.34. The smallest absolute Gasteiger partial charge is 0.311 e. The molecule has 7 heteroatoms. The monoisotopic (exact) mass is 286 g/mol. The first-order valence-corrected chi connectivity index (χ1v) is 7.46. The minimum atomic E-state index is -0.836. The highest BCUT2D eigenvalue weighted by Gasteiger charge is 2.40. The van der Waals surface area contributed by atoms with Gasteiger partial charge in [-0.15, -0.1) is 0 Å². The quantitative estimate of drug-likeness (QED) is 0.715. The van der Waals surface area contributed by atoms with Crippen LogP contribution in [0.1, 0.15) is 32.1 Å². The van der Waals surface area contributed by atoms with Gasteiger partial charge in [0, 0.05) is 12.3 Å². The van der Waals surface area contributed by atoms with E-state index in [0.717, 1.165) is 31.0 Å². The molecule has 0 radical (unpaired) electrons. The number of carbonyl (C=O) groups is 3. The molecule has 1 aliphatic heterocycles. The van der Waals surface area contributed by atoms with Gasteiger partial charge >= 0.3 is 5.97 Å². The molecule has 2 fully saturated rings. The molecule has 6 nitrogen and oxygen atoms in total. The highest BCUT2D eigenvalue weighted by atomic mass is 32.2. The van der Waals surface area contributed by atoms with Crippen LogP contribution in [0.5, 0.6) is 0 Å². The second-order valence-electron chi connectivity index (χ2n) is 5.16. The van der Waals surface area contributed by atoms with E-state index in [9.17, 15) is 19.5 Å². The van der Waals surface area contributed by atoms with Gasteiger partial charge < -0.3 is 15.7 Å². The Morgan fingerprint density at radius 2 is 2.05 bits per heavy atom. The highest BCUT2D eigenvalue weighted by molar-refractivity contribution is 8.14. The zero-order chi connectivity index (χ0) is 13.9. The van der Waals surface area contributed by atoms with Crippen LogP contribution in [0.15, 0.2) is 0 Å². The molecular weight excluding hydrogens is 268 g/mol. The van der Waals surface area contributed by atoms with Crippen LogP contribution in [0, 0.1) is 5.41 Å². The fraction of sp³-hybridized carbons (Fsp3) is 0.750. The number of hydrogen-bond acceptors (Lipinski definition) is 4. The number of amides is 2. The number of aliphatic carboxylic acids is 1. The van der Waals surface area contributed by atoms with Gasteiger partial charge in [-0.2, -0.15) is 0 Å². The molecule has 106 valence electrons. The average molecular weight is 286 g/mol. The summed E-state index contributed by atoms with van der Waals surface area (Å²) in [7, 11) is 0. The zero-order valence-corrected chi connectivity index (χ0v) is 11.4. The Morgan fingerprint density at radius 1 is 1.37 bits per heavy atom. The summed E-state index contributed by atoms with van der Waals surface area (Å²) in [5.74, 6) is -0.716. The maximum Gasteiger partial charge on any atom is 0.311 e. The zero-order valence-electron chi connectivity index (χ0n) is 10.6. The van der Waals surface area contributed by atoms with Crippen LogP contribution in [0.4, 0.5) is 4.79 Å². The summed E-state index contributed by atoms with van der Waals surface area (Å²) in [6, 6.07) is -0.535. The van der Waals surface area contributed by atoms with E-state index in [1.807, 2.05) is 0 Å². The number of carbonyl (C=O) groups excluding carboxylic acids is 2. The fourth-order valence-corrected chi connectivity index (χ4v) is 3.38. The molecule has 1 unspecified atom stereocenters. The van der Waals surface area contributed by atoms with E-state index in [2.05, 4.69) is 10.6 Å². The minimum Gasteiger partial charge on any atom is -0.481 e. The maximum atomic E-state index is 11.9. The van der Waals surface area contributed by atoms with Gasteiger partial charge in [0.2, 0.25) is 5.91 Å². The van der Waals surface area contributed by atoms with Gasteiger partial charge in [-0.05, 0) is 12.8 Å². The van der Waals surface area contributed by atoms with Crippen molar-refractivity contribution < 1.29 is 19.5 Å². The second-order valence-corrected chi connectivity index (χ2v) is 6.15. The summed E-state index contributed by atoms with van der Waals surface area (Å²) in [6.45, 7) is 0.151. The molecular formula is C12H18N2O4S. The lowest BCUT2D eigenvalue weighted by Gasteiger charge is -2.33. The Balaban J connectivity index is 1.90. The summed E-state index contributed by atoms with van der Waals surface area (Å²) in [4.78, 5) is 34.3. The van der Waals surface area contributed by atoms with Crippen molar-refractivity contribution in [1.82, 2.24) is 10.6 Å². The molecule has 1 heterocycles. The number of carboxylic acid groups (broad SMARTS) is 1. The van der Waals surface area contributed by atoms with E-state index in [-0.39, 0.29) is 17.7 Å². The highest BCUT2D eigenvalue weighted by Crippen LogP contribution is 2.36. The van der Waals surface area contributed by atoms with Crippen LogP contribution in [0.25, 0.3) is 0 Å². The molecule has 0 aromatic rings. The molecule has 0 aromatic heterocycles. The van der Waals surface area contributed by atoms with Gasteiger partial charge in [0.05, 0.1) is 5.41 Å². The van der Waals surface area contributed by atoms with E-state index in [1.54, 1.807) is 0 Å². The lowest BCUT2D eigenvalue weighted by molar-refractivity contribution is -0.151.